The molecule has 0 radical (unpaired) electrons. The van der Waals surface area contributed by atoms with Crippen molar-refractivity contribution in [2.45, 2.75) is 5.03 Å². The van der Waals surface area contributed by atoms with Crippen LogP contribution in [0.5, 0.6) is 0 Å². The van der Waals surface area contributed by atoms with Crippen LogP contribution in [0.3, 0.4) is 0 Å². The minimum Gasteiger partial charge on any atom is -0.357 e. The zero-order valence-electron chi connectivity index (χ0n) is 6.03. The van der Waals surface area contributed by atoms with E-state index in [9.17, 15) is 0 Å². The van der Waals surface area contributed by atoms with Crippen molar-refractivity contribution in [3.63, 3.8) is 0 Å². The van der Waals surface area contributed by atoms with E-state index in [1.54, 1.807) is 0 Å². The van der Waals surface area contributed by atoms with Gasteiger partial charge in [-0.05, 0) is 22.9 Å². The smallest absolute Gasteiger partial charge is 0.0705 e. The number of hydrogen-bond donors (Lipinski definition) is 1. The van der Waals surface area contributed by atoms with Crippen molar-refractivity contribution in [1.82, 2.24) is 4.98 Å². The lowest BCUT2D eigenvalue weighted by Crippen LogP contribution is -1.76. The molecule has 0 fully saturated rings. The molecule has 1 aliphatic heterocycles. The molecule has 0 spiro atoms. The highest BCUT2D eigenvalue weighted by Crippen LogP contribution is 2.26. The van der Waals surface area contributed by atoms with Gasteiger partial charge in [-0.2, -0.15) is 0 Å². The molecule has 0 bridgehead atoms. The Morgan fingerprint density at radius 2 is 2.18 bits per heavy atom. The molecular formula is C9H9NS. The van der Waals surface area contributed by atoms with Gasteiger partial charge in [-0.25, -0.2) is 0 Å². The van der Waals surface area contributed by atoms with Gasteiger partial charge in [-0.1, -0.05) is 18.2 Å². The Labute approximate surface area is 68.4 Å². The van der Waals surface area contributed by atoms with Crippen LogP contribution in [0, 0.1) is 0 Å². The summed E-state index contributed by atoms with van der Waals surface area (Å²) in [5.74, 6) is 0. The Morgan fingerprint density at radius 1 is 1.18 bits per heavy atom. The minimum atomic E-state index is 0.175. The van der Waals surface area contributed by atoms with Gasteiger partial charge >= 0.3 is 0 Å². The van der Waals surface area contributed by atoms with Crippen LogP contribution >= 0.6 is 10.5 Å². The maximum absolute atomic E-state index is 3.20. The summed E-state index contributed by atoms with van der Waals surface area (Å²) in [6, 6.07) is 4.14. The van der Waals surface area contributed by atoms with Gasteiger partial charge in [0.25, 0.3) is 0 Å². The summed E-state index contributed by atoms with van der Waals surface area (Å²) >= 11 is 0. The molecule has 1 aromatic rings. The van der Waals surface area contributed by atoms with Crippen molar-refractivity contribution in [3.05, 3.63) is 42.0 Å². The molecule has 1 aliphatic rings. The van der Waals surface area contributed by atoms with Crippen molar-refractivity contribution >= 4 is 15.9 Å². The number of rotatable bonds is 1. The molecule has 1 aromatic heterocycles. The van der Waals surface area contributed by atoms with Gasteiger partial charge in [0, 0.05) is 6.20 Å². The molecule has 11 heavy (non-hydrogen) atoms. The first-order valence-corrected chi connectivity index (χ1v) is 4.85. The first-order valence-electron chi connectivity index (χ1n) is 3.50. The van der Waals surface area contributed by atoms with Crippen molar-refractivity contribution in [2.24, 2.45) is 0 Å². The second kappa shape index (κ2) is 2.93. The third-order valence-corrected chi connectivity index (χ3v) is 3.16. The highest BCUT2D eigenvalue weighted by molar-refractivity contribution is 8.17. The Hall–Kier alpha value is -1.02. The van der Waals surface area contributed by atoms with E-state index in [4.69, 9.17) is 0 Å². The molecule has 0 saturated carbocycles. The van der Waals surface area contributed by atoms with Crippen LogP contribution in [0.25, 0.3) is 0 Å². The number of aromatic nitrogens is 1. The van der Waals surface area contributed by atoms with E-state index >= 15 is 0 Å². The molecular weight excluding hydrogens is 154 g/mol. The summed E-state index contributed by atoms with van der Waals surface area (Å²) in [7, 11) is 0.175. The molecule has 2 rings (SSSR count). The minimum absolute atomic E-state index is 0.175. The van der Waals surface area contributed by atoms with Crippen molar-refractivity contribution in [3.8, 4) is 0 Å². The highest BCUT2D eigenvalue weighted by Gasteiger charge is 1.95. The Bertz CT molecular complexity index is 317. The fraction of sp³-hybridized carbons (Fsp3) is 0. The predicted octanol–water partition coefficient (Wildman–Crippen LogP) is 2.53. The van der Waals surface area contributed by atoms with Crippen molar-refractivity contribution < 1.29 is 0 Å². The van der Waals surface area contributed by atoms with E-state index in [0.29, 0.717) is 0 Å². The normalized spacial score (nSPS) is 21.6. The second-order valence-electron chi connectivity index (χ2n) is 2.26. The molecule has 0 saturated heterocycles. The molecule has 0 aliphatic carbocycles. The van der Waals surface area contributed by atoms with Crippen LogP contribution in [0.15, 0.2) is 47.0 Å². The molecule has 1 atom stereocenters. The van der Waals surface area contributed by atoms with Crippen LogP contribution in [-0.2, 0) is 0 Å². The lowest BCUT2D eigenvalue weighted by atomic mass is 10.5. The summed E-state index contributed by atoms with van der Waals surface area (Å²) in [5, 5.41) is 5.68. The third kappa shape index (κ3) is 1.35. The molecule has 56 valence electrons. The molecule has 1 unspecified atom stereocenters. The Balaban J connectivity index is 2.38. The van der Waals surface area contributed by atoms with Gasteiger partial charge in [0.05, 0.1) is 5.03 Å². The van der Waals surface area contributed by atoms with E-state index in [-0.39, 0.29) is 10.5 Å². The number of allylic oxidation sites excluding steroid dienone is 3. The van der Waals surface area contributed by atoms with Gasteiger partial charge in [0.15, 0.2) is 0 Å². The van der Waals surface area contributed by atoms with Gasteiger partial charge < -0.3 is 4.98 Å². The number of hydrogen-bond acceptors (Lipinski definition) is 0. The van der Waals surface area contributed by atoms with Gasteiger partial charge in [0.2, 0.25) is 0 Å². The summed E-state index contributed by atoms with van der Waals surface area (Å²) in [5.41, 5.74) is 0. The number of nitrogens with one attached hydrogen (secondary N) is 1. The topological polar surface area (TPSA) is 15.8 Å². The lowest BCUT2D eigenvalue weighted by molar-refractivity contribution is 1.21. The fourth-order valence-corrected chi connectivity index (χ4v) is 2.32. The Morgan fingerprint density at radius 3 is 2.82 bits per heavy atom. The summed E-state index contributed by atoms with van der Waals surface area (Å²) < 4.78 is 0. The standard InChI is InChI=1S/C9H9NS/c1-2-7-11(8-3-1)9-5-4-6-10-9/h1-8,10H. The molecule has 2 heteroatoms. The predicted molar refractivity (Wildman–Crippen MR) is 51.0 cm³/mol. The van der Waals surface area contributed by atoms with E-state index in [2.05, 4.69) is 34.0 Å². The maximum Gasteiger partial charge on any atom is 0.0705 e. The van der Waals surface area contributed by atoms with E-state index in [1.807, 2.05) is 18.3 Å². The maximum atomic E-state index is 3.20. The van der Waals surface area contributed by atoms with Crippen molar-refractivity contribution in [1.29, 1.82) is 0 Å². The lowest BCUT2D eigenvalue weighted by Gasteiger charge is -2.00. The quantitative estimate of drug-likeness (QED) is 0.612. The summed E-state index contributed by atoms with van der Waals surface area (Å²) in [4.78, 5) is 3.20. The van der Waals surface area contributed by atoms with Crippen LogP contribution in [-0.4, -0.2) is 10.4 Å². The zero-order chi connectivity index (χ0) is 7.52. The summed E-state index contributed by atoms with van der Waals surface area (Å²) in [6.07, 6.45) is 8.18. The van der Waals surface area contributed by atoms with E-state index in [0.717, 1.165) is 0 Å². The molecule has 0 aromatic carbocycles. The second-order valence-corrected chi connectivity index (χ2v) is 3.98. The summed E-state index contributed by atoms with van der Waals surface area (Å²) in [6.45, 7) is 0. The van der Waals surface area contributed by atoms with Crippen LogP contribution in [0.1, 0.15) is 0 Å². The zero-order valence-corrected chi connectivity index (χ0v) is 6.84. The average molecular weight is 163 g/mol. The van der Waals surface area contributed by atoms with E-state index in [1.165, 1.54) is 5.03 Å². The first kappa shape index (κ1) is 6.68. The molecule has 0 amide bonds. The third-order valence-electron chi connectivity index (χ3n) is 1.50. The van der Waals surface area contributed by atoms with Gasteiger partial charge in [-0.3, -0.25) is 0 Å². The number of aromatic amines is 1. The SMILES string of the molecule is C1=CC=S(c2ccc[nH]2)C=C1. The van der Waals surface area contributed by atoms with Crippen LogP contribution < -0.4 is 0 Å². The monoisotopic (exact) mass is 163 g/mol. The van der Waals surface area contributed by atoms with Gasteiger partial charge in [0.1, 0.15) is 0 Å². The molecule has 1 N–H and O–H groups in total. The fourth-order valence-electron chi connectivity index (χ4n) is 0.977. The van der Waals surface area contributed by atoms with E-state index < -0.39 is 0 Å². The first-order chi connectivity index (χ1) is 5.47. The van der Waals surface area contributed by atoms with Gasteiger partial charge in [-0.15, -0.1) is 10.5 Å². The van der Waals surface area contributed by atoms with Crippen LogP contribution in [0.2, 0.25) is 0 Å². The molecule has 2 heterocycles. The van der Waals surface area contributed by atoms with Crippen molar-refractivity contribution in [2.75, 3.05) is 0 Å². The average Bonchev–Trinajstić information content (AvgIpc) is 2.58. The number of H-pyrrole nitrogens is 1. The van der Waals surface area contributed by atoms with Crippen LogP contribution in [0.4, 0.5) is 0 Å². The highest BCUT2D eigenvalue weighted by atomic mass is 32.2. The Kier molecular flexibility index (Phi) is 1.78. The molecule has 1 nitrogen and oxygen atoms in total. The largest absolute Gasteiger partial charge is 0.357 e.